The minimum absolute atomic E-state index is 0.0463. The second-order valence-corrected chi connectivity index (χ2v) is 9.70. The van der Waals surface area contributed by atoms with Crippen LogP contribution >= 0.6 is 0 Å². The maximum Gasteiger partial charge on any atom is 0.166 e. The Morgan fingerprint density at radius 3 is 2.35 bits per heavy atom. The first kappa shape index (κ1) is 24.4. The molecule has 0 fully saturated rings. The van der Waals surface area contributed by atoms with E-state index in [1.165, 1.54) is 6.07 Å². The summed E-state index contributed by atoms with van der Waals surface area (Å²) in [4.78, 5) is 4.57. The number of benzene rings is 1. The van der Waals surface area contributed by atoms with E-state index in [0.717, 1.165) is 28.9 Å². The summed E-state index contributed by atoms with van der Waals surface area (Å²) in [5, 5.41) is 9.97. The van der Waals surface area contributed by atoms with E-state index in [4.69, 9.17) is 0 Å². The van der Waals surface area contributed by atoms with Crippen molar-refractivity contribution in [3.05, 3.63) is 66.1 Å². The third-order valence-corrected chi connectivity index (χ3v) is 5.01. The number of allylic oxidation sites excluding steroid dienone is 2. The van der Waals surface area contributed by atoms with Crippen LogP contribution < -0.4 is 16.0 Å². The number of hydrogen-bond acceptors (Lipinski definition) is 4. The lowest BCUT2D eigenvalue weighted by molar-refractivity contribution is 0.388. The van der Waals surface area contributed by atoms with Crippen LogP contribution in [0.15, 0.2) is 49.2 Å². The molecule has 168 valence electrons. The lowest BCUT2D eigenvalue weighted by atomic mass is 9.90. The molecule has 0 radical (unpaired) electrons. The third kappa shape index (κ3) is 7.42. The van der Waals surface area contributed by atoms with Crippen molar-refractivity contribution in [3.63, 3.8) is 0 Å². The summed E-state index contributed by atoms with van der Waals surface area (Å²) in [6, 6.07) is 9.45. The van der Waals surface area contributed by atoms with Gasteiger partial charge in [-0.15, -0.1) is 0 Å². The average Bonchev–Trinajstić information content (AvgIpc) is 2.62. The van der Waals surface area contributed by atoms with Crippen molar-refractivity contribution >= 4 is 22.9 Å². The van der Waals surface area contributed by atoms with E-state index in [1.54, 1.807) is 0 Å². The summed E-state index contributed by atoms with van der Waals surface area (Å²) in [6.45, 7) is 22.6. The topological polar surface area (TPSA) is 49.0 Å². The quantitative estimate of drug-likeness (QED) is 0.404. The minimum Gasteiger partial charge on any atom is -0.384 e. The Morgan fingerprint density at radius 1 is 1.10 bits per heavy atom. The molecular formula is C26H37FN4. The molecular weight excluding hydrogens is 387 g/mol. The first-order chi connectivity index (χ1) is 14.4. The monoisotopic (exact) mass is 424 g/mol. The largest absolute Gasteiger partial charge is 0.384 e. The molecule has 0 spiro atoms. The van der Waals surface area contributed by atoms with Crippen LogP contribution in [-0.2, 0) is 0 Å². The Morgan fingerprint density at radius 2 is 1.77 bits per heavy atom. The summed E-state index contributed by atoms with van der Waals surface area (Å²) in [5.41, 5.74) is 4.56. The molecule has 1 aromatic heterocycles. The highest BCUT2D eigenvalue weighted by molar-refractivity contribution is 5.76. The van der Waals surface area contributed by atoms with Crippen molar-refractivity contribution in [2.45, 2.75) is 67.0 Å². The molecule has 2 rings (SSSR count). The van der Waals surface area contributed by atoms with Crippen LogP contribution in [0.2, 0.25) is 0 Å². The van der Waals surface area contributed by atoms with Gasteiger partial charge in [0, 0.05) is 29.0 Å². The fraction of sp³-hybridized carbons (Fsp3) is 0.423. The second-order valence-electron chi connectivity index (χ2n) is 9.70. The minimum atomic E-state index is -0.402. The summed E-state index contributed by atoms with van der Waals surface area (Å²) in [6.07, 6.45) is 0.870. The lowest BCUT2D eigenvalue weighted by Gasteiger charge is -2.28. The molecule has 2 unspecified atom stereocenters. The number of hydrogen-bond donors (Lipinski definition) is 3. The zero-order valence-electron chi connectivity index (χ0n) is 20.0. The Kier molecular flexibility index (Phi) is 7.88. The summed E-state index contributed by atoms with van der Waals surface area (Å²) in [7, 11) is 0. The Bertz CT molecular complexity index is 943. The van der Waals surface area contributed by atoms with Crippen molar-refractivity contribution in [2.24, 2.45) is 5.41 Å². The summed E-state index contributed by atoms with van der Waals surface area (Å²) in [5.74, 6) is 0.384. The number of halogens is 1. The van der Waals surface area contributed by atoms with Crippen LogP contribution in [0.5, 0.6) is 0 Å². The van der Waals surface area contributed by atoms with Crippen LogP contribution in [0.3, 0.4) is 0 Å². The molecule has 1 heterocycles. The number of pyridine rings is 1. The van der Waals surface area contributed by atoms with E-state index < -0.39 is 5.82 Å². The number of nitrogens with one attached hydrogen (secondary N) is 3. The highest BCUT2D eigenvalue weighted by atomic mass is 19.1. The van der Waals surface area contributed by atoms with Gasteiger partial charge in [-0.2, -0.15) is 0 Å². The second kappa shape index (κ2) is 9.99. The molecule has 0 saturated heterocycles. The van der Waals surface area contributed by atoms with E-state index in [9.17, 15) is 4.39 Å². The van der Waals surface area contributed by atoms with E-state index >= 15 is 0 Å². The molecule has 2 aromatic rings. The van der Waals surface area contributed by atoms with Crippen LogP contribution in [0.25, 0.3) is 5.57 Å². The molecule has 4 nitrogen and oxygen atoms in total. The zero-order chi connectivity index (χ0) is 23.3. The highest BCUT2D eigenvalue weighted by Crippen LogP contribution is 2.29. The molecule has 0 amide bonds. The van der Waals surface area contributed by atoms with Crippen LogP contribution in [-0.4, -0.2) is 17.1 Å². The molecule has 2 atom stereocenters. The Hall–Kier alpha value is -2.82. The van der Waals surface area contributed by atoms with E-state index in [-0.39, 0.29) is 23.3 Å². The average molecular weight is 425 g/mol. The molecule has 5 heteroatoms. The smallest absolute Gasteiger partial charge is 0.166 e. The molecule has 0 aliphatic heterocycles. The first-order valence-corrected chi connectivity index (χ1v) is 10.8. The Labute approximate surface area is 187 Å². The van der Waals surface area contributed by atoms with Gasteiger partial charge >= 0.3 is 0 Å². The molecule has 0 aliphatic carbocycles. The predicted molar refractivity (Wildman–Crippen MR) is 132 cm³/mol. The lowest BCUT2D eigenvalue weighted by Crippen LogP contribution is -2.40. The van der Waals surface area contributed by atoms with Crippen molar-refractivity contribution in [1.29, 1.82) is 0 Å². The van der Waals surface area contributed by atoms with Gasteiger partial charge in [-0.25, -0.2) is 9.37 Å². The molecule has 1 aromatic carbocycles. The maximum atomic E-state index is 14.9. The van der Waals surface area contributed by atoms with Gasteiger partial charge in [0.05, 0.1) is 0 Å². The fourth-order valence-electron chi connectivity index (χ4n) is 3.35. The number of aromatic nitrogens is 1. The number of rotatable bonds is 9. The van der Waals surface area contributed by atoms with Gasteiger partial charge in [-0.05, 0) is 68.9 Å². The maximum absolute atomic E-state index is 14.9. The molecule has 3 N–H and O–H groups in total. The normalized spacial score (nSPS) is 13.3. The van der Waals surface area contributed by atoms with Gasteiger partial charge in [0.1, 0.15) is 5.82 Å². The van der Waals surface area contributed by atoms with E-state index in [1.807, 2.05) is 45.0 Å². The first-order valence-electron chi connectivity index (χ1n) is 10.8. The summed E-state index contributed by atoms with van der Waals surface area (Å²) < 4.78 is 14.9. The number of anilines is 3. The highest BCUT2D eigenvalue weighted by Gasteiger charge is 2.19. The third-order valence-electron chi connectivity index (χ3n) is 5.01. The van der Waals surface area contributed by atoms with E-state index in [2.05, 4.69) is 61.8 Å². The van der Waals surface area contributed by atoms with Crippen LogP contribution in [0.4, 0.5) is 21.7 Å². The van der Waals surface area contributed by atoms with Crippen molar-refractivity contribution in [3.8, 4) is 0 Å². The van der Waals surface area contributed by atoms with Gasteiger partial charge in [-0.3, -0.25) is 0 Å². The standard InChI is InChI=1S/C26H37FN4/c1-16(2)22-14-23(27)25(31-24(22)30-21-12-10-11-17(3)13-21)29-20(6)19(5)28-18(4)15-26(7,8)9/h10-14,19-20,28H,1,4,15H2,2-3,5-9H3,(H2,29,30,31). The van der Waals surface area contributed by atoms with E-state index in [0.29, 0.717) is 11.4 Å². The Balaban J connectivity index is 2.22. The van der Waals surface area contributed by atoms with Crippen molar-refractivity contribution in [1.82, 2.24) is 10.3 Å². The zero-order valence-corrected chi connectivity index (χ0v) is 20.0. The van der Waals surface area contributed by atoms with Gasteiger partial charge in [0.25, 0.3) is 0 Å². The van der Waals surface area contributed by atoms with Gasteiger partial charge in [0.15, 0.2) is 11.6 Å². The van der Waals surface area contributed by atoms with Crippen LogP contribution in [0, 0.1) is 18.2 Å². The molecule has 0 saturated carbocycles. The van der Waals surface area contributed by atoms with Gasteiger partial charge in [-0.1, -0.05) is 46.1 Å². The molecule has 0 bridgehead atoms. The van der Waals surface area contributed by atoms with Crippen molar-refractivity contribution in [2.75, 3.05) is 10.6 Å². The van der Waals surface area contributed by atoms with Crippen molar-refractivity contribution < 1.29 is 4.39 Å². The SMILES string of the molecule is C=C(CC(C)(C)C)NC(C)C(C)Nc1nc(Nc2cccc(C)c2)c(C(=C)C)cc1F. The van der Waals surface area contributed by atoms with Gasteiger partial charge in [0.2, 0.25) is 0 Å². The summed E-state index contributed by atoms with van der Waals surface area (Å²) >= 11 is 0. The van der Waals surface area contributed by atoms with Crippen LogP contribution in [0.1, 0.15) is 59.1 Å². The number of aryl methyl sites for hydroxylation is 1. The molecule has 31 heavy (non-hydrogen) atoms. The molecule has 0 aliphatic rings. The van der Waals surface area contributed by atoms with Gasteiger partial charge < -0.3 is 16.0 Å². The number of nitrogens with zero attached hydrogens (tertiary/aromatic N) is 1. The predicted octanol–water partition coefficient (Wildman–Crippen LogP) is 7.03. The fourth-order valence-corrected chi connectivity index (χ4v) is 3.35.